The van der Waals surface area contributed by atoms with E-state index in [0.717, 1.165) is 34.4 Å². The summed E-state index contributed by atoms with van der Waals surface area (Å²) in [5, 5.41) is 10.6. The second-order valence-corrected chi connectivity index (χ2v) is 10.8. The molecule has 1 aliphatic heterocycles. The smallest absolute Gasteiger partial charge is 0.240 e. The zero-order valence-electron chi connectivity index (χ0n) is 20.7. The molecule has 0 spiro atoms. The van der Waals surface area contributed by atoms with Crippen LogP contribution < -0.4 is 4.72 Å². The lowest BCUT2D eigenvalue weighted by Gasteiger charge is -2.26. The maximum Gasteiger partial charge on any atom is 0.240 e. The molecule has 3 N–H and O–H groups in total. The molecule has 1 aliphatic rings. The molecule has 0 saturated heterocycles. The number of hydrogen-bond donors (Lipinski definition) is 3. The highest BCUT2D eigenvalue weighted by molar-refractivity contribution is 7.89. The number of aromatic nitrogens is 2. The van der Waals surface area contributed by atoms with E-state index in [1.165, 1.54) is 36.9 Å². The van der Waals surface area contributed by atoms with Crippen LogP contribution in [-0.4, -0.2) is 48.5 Å². The summed E-state index contributed by atoms with van der Waals surface area (Å²) in [4.78, 5) is 9.69. The normalized spacial score (nSPS) is 14.4. The molecule has 38 heavy (non-hydrogen) atoms. The van der Waals surface area contributed by atoms with E-state index in [0.29, 0.717) is 18.7 Å². The SMILES string of the molecule is CNS(=O)(=O)c1ccc(C(O)=CN2CC=C(c3c[nH]c(-c4ccc(F)cc4)c3-c3ccncc3)CC2)cc1. The summed E-state index contributed by atoms with van der Waals surface area (Å²) >= 11 is 0. The van der Waals surface area contributed by atoms with Crippen molar-refractivity contribution in [2.75, 3.05) is 20.1 Å². The topological polar surface area (TPSA) is 98.3 Å². The van der Waals surface area contributed by atoms with Gasteiger partial charge in [-0.05, 0) is 90.8 Å². The molecule has 9 heteroatoms. The van der Waals surface area contributed by atoms with Gasteiger partial charge in [-0.15, -0.1) is 0 Å². The minimum atomic E-state index is -3.53. The van der Waals surface area contributed by atoms with Gasteiger partial charge in [0.25, 0.3) is 0 Å². The van der Waals surface area contributed by atoms with Crippen LogP contribution in [0.5, 0.6) is 0 Å². The molecular formula is C29H27FN4O3S. The number of H-pyrrole nitrogens is 1. The first-order valence-corrected chi connectivity index (χ1v) is 13.6. The Hall–Kier alpha value is -4.21. The number of rotatable bonds is 7. The number of aromatic amines is 1. The summed E-state index contributed by atoms with van der Waals surface area (Å²) in [5.74, 6) is -0.218. The van der Waals surface area contributed by atoms with Gasteiger partial charge in [0.2, 0.25) is 10.0 Å². The van der Waals surface area contributed by atoms with Crippen LogP contribution in [0.2, 0.25) is 0 Å². The Morgan fingerprint density at radius 3 is 2.39 bits per heavy atom. The van der Waals surface area contributed by atoms with Crippen molar-refractivity contribution in [2.45, 2.75) is 11.3 Å². The number of nitrogens with zero attached hydrogens (tertiary/aromatic N) is 2. The summed E-state index contributed by atoms with van der Waals surface area (Å²) in [6, 6.07) is 16.5. The van der Waals surface area contributed by atoms with Crippen molar-refractivity contribution in [3.63, 3.8) is 0 Å². The zero-order chi connectivity index (χ0) is 26.7. The summed E-state index contributed by atoms with van der Waals surface area (Å²) in [5.41, 5.74) is 6.63. The van der Waals surface area contributed by atoms with Gasteiger partial charge in [0, 0.05) is 54.6 Å². The number of benzene rings is 2. The maximum atomic E-state index is 13.6. The third-order valence-corrected chi connectivity index (χ3v) is 8.03. The molecule has 7 nitrogen and oxygen atoms in total. The first-order valence-electron chi connectivity index (χ1n) is 12.1. The summed E-state index contributed by atoms with van der Waals surface area (Å²) in [7, 11) is -2.18. The minimum absolute atomic E-state index is 0.0629. The molecule has 0 amide bonds. The Kier molecular flexibility index (Phi) is 7.13. The lowest BCUT2D eigenvalue weighted by atomic mass is 9.92. The van der Waals surface area contributed by atoms with E-state index in [9.17, 15) is 17.9 Å². The van der Waals surface area contributed by atoms with Crippen molar-refractivity contribution < 1.29 is 17.9 Å². The van der Waals surface area contributed by atoms with Crippen molar-refractivity contribution in [2.24, 2.45) is 0 Å². The molecule has 194 valence electrons. The first kappa shape index (κ1) is 25.4. The quantitative estimate of drug-likeness (QED) is 0.277. The summed E-state index contributed by atoms with van der Waals surface area (Å²) in [6.45, 7) is 1.29. The molecule has 2 aromatic heterocycles. The monoisotopic (exact) mass is 530 g/mol. The number of sulfonamides is 1. The third-order valence-electron chi connectivity index (χ3n) is 6.60. The van der Waals surface area contributed by atoms with E-state index in [2.05, 4.69) is 20.8 Å². The van der Waals surface area contributed by atoms with Crippen molar-refractivity contribution in [3.8, 4) is 22.4 Å². The fourth-order valence-corrected chi connectivity index (χ4v) is 5.29. The fraction of sp³-hybridized carbons (Fsp3) is 0.138. The molecular weight excluding hydrogens is 503 g/mol. The van der Waals surface area contributed by atoms with Gasteiger partial charge in [-0.1, -0.05) is 6.08 Å². The fourth-order valence-electron chi connectivity index (χ4n) is 4.56. The van der Waals surface area contributed by atoms with E-state index >= 15 is 0 Å². The van der Waals surface area contributed by atoms with Crippen LogP contribution in [0.4, 0.5) is 4.39 Å². The van der Waals surface area contributed by atoms with Crippen molar-refractivity contribution in [1.29, 1.82) is 0 Å². The predicted octanol–water partition coefficient (Wildman–Crippen LogP) is 5.44. The Labute approximate surface area is 221 Å². The van der Waals surface area contributed by atoms with E-state index in [1.54, 1.807) is 42.9 Å². The highest BCUT2D eigenvalue weighted by Crippen LogP contribution is 2.39. The average Bonchev–Trinajstić information content (AvgIpc) is 3.39. The van der Waals surface area contributed by atoms with Crippen LogP contribution in [-0.2, 0) is 10.0 Å². The van der Waals surface area contributed by atoms with Gasteiger partial charge in [0.05, 0.1) is 10.6 Å². The second-order valence-electron chi connectivity index (χ2n) is 8.92. The van der Waals surface area contributed by atoms with E-state index in [-0.39, 0.29) is 16.5 Å². The van der Waals surface area contributed by atoms with Crippen molar-refractivity contribution in [3.05, 3.63) is 108 Å². The molecule has 0 bridgehead atoms. The minimum Gasteiger partial charge on any atom is -0.506 e. The highest BCUT2D eigenvalue weighted by Gasteiger charge is 2.20. The summed E-state index contributed by atoms with van der Waals surface area (Å²) < 4.78 is 39.7. The summed E-state index contributed by atoms with van der Waals surface area (Å²) in [6.07, 6.45) is 10.1. The lowest BCUT2D eigenvalue weighted by Crippen LogP contribution is -2.23. The molecule has 0 fully saturated rings. The van der Waals surface area contributed by atoms with Gasteiger partial charge >= 0.3 is 0 Å². The van der Waals surface area contributed by atoms with Gasteiger partial charge < -0.3 is 15.0 Å². The number of pyridine rings is 1. The molecule has 5 rings (SSSR count). The lowest BCUT2D eigenvalue weighted by molar-refractivity contribution is 0.398. The first-order chi connectivity index (χ1) is 18.4. The second kappa shape index (κ2) is 10.6. The Morgan fingerprint density at radius 2 is 1.76 bits per heavy atom. The predicted molar refractivity (Wildman–Crippen MR) is 147 cm³/mol. The molecule has 0 aliphatic carbocycles. The van der Waals surface area contributed by atoms with Gasteiger partial charge in [0.15, 0.2) is 0 Å². The van der Waals surface area contributed by atoms with Gasteiger partial charge in [-0.25, -0.2) is 17.5 Å². The van der Waals surface area contributed by atoms with Crippen LogP contribution in [0.1, 0.15) is 17.5 Å². The van der Waals surface area contributed by atoms with E-state index in [4.69, 9.17) is 0 Å². The third kappa shape index (κ3) is 5.25. The van der Waals surface area contributed by atoms with Crippen LogP contribution in [0, 0.1) is 5.82 Å². The average molecular weight is 531 g/mol. The maximum absolute atomic E-state index is 13.6. The zero-order valence-corrected chi connectivity index (χ0v) is 21.5. The molecule has 3 heterocycles. The van der Waals surface area contributed by atoms with Gasteiger partial charge in [-0.3, -0.25) is 4.98 Å². The largest absolute Gasteiger partial charge is 0.506 e. The molecule has 0 radical (unpaired) electrons. The molecule has 0 atom stereocenters. The molecule has 4 aromatic rings. The number of halogens is 1. The molecule has 0 saturated carbocycles. The van der Waals surface area contributed by atoms with Gasteiger partial charge in [-0.2, -0.15) is 0 Å². The molecule has 2 aromatic carbocycles. The molecule has 0 unspecified atom stereocenters. The van der Waals surface area contributed by atoms with Crippen molar-refractivity contribution in [1.82, 2.24) is 19.6 Å². The highest BCUT2D eigenvalue weighted by atomic mass is 32.2. The van der Waals surface area contributed by atoms with E-state index in [1.807, 2.05) is 23.2 Å². The van der Waals surface area contributed by atoms with E-state index < -0.39 is 10.0 Å². The van der Waals surface area contributed by atoms with Crippen molar-refractivity contribution >= 4 is 21.4 Å². The Balaban J connectivity index is 1.40. The number of aliphatic hydroxyl groups is 1. The van der Waals surface area contributed by atoms with Crippen LogP contribution in [0.25, 0.3) is 33.7 Å². The van der Waals surface area contributed by atoms with Gasteiger partial charge in [0.1, 0.15) is 11.6 Å². The number of hydrogen-bond acceptors (Lipinski definition) is 5. The van der Waals surface area contributed by atoms with Crippen LogP contribution in [0.3, 0.4) is 0 Å². The van der Waals surface area contributed by atoms with Crippen LogP contribution in [0.15, 0.2) is 96.4 Å². The number of aliphatic hydroxyl groups excluding tert-OH is 1. The standard InChI is InChI=1S/C29H27FN4O3S/c1-31-38(36,37)25-8-4-21(5-9-25)27(35)19-34-16-12-20(13-17-34)26-18-33-29(23-2-6-24(30)7-3-23)28(26)22-10-14-32-15-11-22/h2-12,14-15,18-19,31,33,35H,13,16-17H2,1H3. The Bertz CT molecular complexity index is 1590. The Morgan fingerprint density at radius 1 is 1.05 bits per heavy atom. The van der Waals surface area contributed by atoms with Crippen LogP contribution >= 0.6 is 0 Å². The number of nitrogens with one attached hydrogen (secondary N) is 2.